The molecule has 0 aromatic carbocycles. The molecule has 0 aromatic rings. The maximum atomic E-state index is 2.17. The lowest BCUT2D eigenvalue weighted by molar-refractivity contribution is 0.276. The summed E-state index contributed by atoms with van der Waals surface area (Å²) in [6, 6.07) is 0. The van der Waals surface area contributed by atoms with Crippen molar-refractivity contribution in [1.29, 1.82) is 0 Å². The van der Waals surface area contributed by atoms with Gasteiger partial charge in [-0.25, -0.2) is 0 Å². The SMILES string of the molecule is C1CC2CCC1C1=C2C2=C([S+]S1)C1CCC2CC1. The molecule has 95 valence electrons. The minimum absolute atomic E-state index is 0.956. The Morgan fingerprint density at radius 1 is 0.667 bits per heavy atom. The average molecular weight is 276 g/mol. The molecule has 0 N–H and O–H groups in total. The maximum Gasteiger partial charge on any atom is 0.326 e. The molecule has 0 amide bonds. The maximum absolute atomic E-state index is 2.17. The molecule has 1 aliphatic heterocycles. The zero-order valence-corrected chi connectivity index (χ0v) is 12.4. The fourth-order valence-electron chi connectivity index (χ4n) is 5.15. The molecule has 2 saturated carbocycles. The van der Waals surface area contributed by atoms with E-state index in [-0.39, 0.29) is 0 Å². The first-order valence-electron chi connectivity index (χ1n) is 7.75. The lowest BCUT2D eigenvalue weighted by atomic mass is 9.62. The highest BCUT2D eigenvalue weighted by Crippen LogP contribution is 2.61. The molecule has 4 bridgehead atoms. The van der Waals surface area contributed by atoms with E-state index >= 15 is 0 Å². The Labute approximate surface area is 117 Å². The Hall–Kier alpha value is 0.180. The van der Waals surface area contributed by atoms with Crippen LogP contribution in [0.3, 0.4) is 0 Å². The van der Waals surface area contributed by atoms with Crippen molar-refractivity contribution in [2.75, 3.05) is 0 Å². The van der Waals surface area contributed by atoms with E-state index in [1.165, 1.54) is 51.4 Å². The molecule has 0 saturated heterocycles. The van der Waals surface area contributed by atoms with Crippen LogP contribution in [0.4, 0.5) is 0 Å². The van der Waals surface area contributed by atoms with Gasteiger partial charge in [0.15, 0.2) is 10.8 Å². The van der Waals surface area contributed by atoms with E-state index in [2.05, 4.69) is 21.6 Å². The first kappa shape index (κ1) is 10.9. The fourth-order valence-corrected chi connectivity index (χ4v) is 8.70. The number of rotatable bonds is 0. The molecule has 0 unspecified atom stereocenters. The molecule has 0 atom stereocenters. The second kappa shape index (κ2) is 3.85. The molecule has 7 aliphatic rings. The predicted molar refractivity (Wildman–Crippen MR) is 79.9 cm³/mol. The lowest BCUT2D eigenvalue weighted by Crippen LogP contribution is -2.35. The van der Waals surface area contributed by atoms with Crippen LogP contribution in [-0.4, -0.2) is 0 Å². The molecule has 1 heterocycles. The quantitative estimate of drug-likeness (QED) is 0.457. The van der Waals surface area contributed by atoms with Crippen LogP contribution in [-0.2, 0) is 10.8 Å². The van der Waals surface area contributed by atoms with Crippen LogP contribution in [0.15, 0.2) is 21.0 Å². The Kier molecular flexibility index (Phi) is 2.33. The van der Waals surface area contributed by atoms with E-state index in [1.807, 2.05) is 21.0 Å². The number of hydrogen-bond donors (Lipinski definition) is 0. The van der Waals surface area contributed by atoms with Gasteiger partial charge in [-0.05, 0) is 74.7 Å². The van der Waals surface area contributed by atoms with Crippen LogP contribution in [0.5, 0.6) is 0 Å². The summed E-state index contributed by atoms with van der Waals surface area (Å²) in [4.78, 5) is 3.68. The third-order valence-corrected chi connectivity index (χ3v) is 8.93. The second-order valence-electron chi connectivity index (χ2n) is 6.82. The van der Waals surface area contributed by atoms with E-state index in [4.69, 9.17) is 0 Å². The van der Waals surface area contributed by atoms with Crippen molar-refractivity contribution in [2.24, 2.45) is 23.7 Å². The standard InChI is InChI=1S/C16H20S2/c1-5-11-6-2-9(1)13-14-10-3-7-12(8-4-10)16(14)18-17-15(11)13/h9-12H,1-8H2/q+1. The summed E-state index contributed by atoms with van der Waals surface area (Å²) in [5.74, 6) is 3.83. The van der Waals surface area contributed by atoms with Gasteiger partial charge < -0.3 is 0 Å². The Bertz CT molecular complexity index is 413. The number of fused-ring (bicyclic) bond motifs is 4. The molecule has 0 spiro atoms. The van der Waals surface area contributed by atoms with E-state index in [0.29, 0.717) is 0 Å². The summed E-state index contributed by atoms with van der Waals surface area (Å²) in [6.45, 7) is 0. The van der Waals surface area contributed by atoms with Crippen LogP contribution in [0, 0.1) is 23.7 Å². The van der Waals surface area contributed by atoms with E-state index in [1.54, 1.807) is 0 Å². The zero-order chi connectivity index (χ0) is 11.7. The predicted octanol–water partition coefficient (Wildman–Crippen LogP) is 4.88. The second-order valence-corrected chi connectivity index (χ2v) is 9.03. The summed E-state index contributed by atoms with van der Waals surface area (Å²) in [5.41, 5.74) is 3.82. The normalized spacial score (nSPS) is 45.3. The van der Waals surface area contributed by atoms with Crippen molar-refractivity contribution in [3.8, 4) is 0 Å². The Balaban J connectivity index is 1.70. The summed E-state index contributed by atoms with van der Waals surface area (Å²) in [5, 5.41) is 0. The van der Waals surface area contributed by atoms with Gasteiger partial charge in [0.1, 0.15) is 0 Å². The molecule has 0 nitrogen and oxygen atoms in total. The molecular formula is C16H20S2+. The van der Waals surface area contributed by atoms with Crippen molar-refractivity contribution in [1.82, 2.24) is 0 Å². The monoisotopic (exact) mass is 276 g/mol. The van der Waals surface area contributed by atoms with E-state index in [0.717, 1.165) is 23.7 Å². The zero-order valence-electron chi connectivity index (χ0n) is 10.8. The molecule has 2 heteroatoms. The highest BCUT2D eigenvalue weighted by molar-refractivity contribution is 8.69. The molecule has 18 heavy (non-hydrogen) atoms. The largest absolute Gasteiger partial charge is 0.326 e. The summed E-state index contributed by atoms with van der Waals surface area (Å²) in [7, 11) is 4.35. The summed E-state index contributed by atoms with van der Waals surface area (Å²) >= 11 is 0. The Morgan fingerprint density at radius 2 is 1.22 bits per heavy atom. The summed E-state index contributed by atoms with van der Waals surface area (Å²) in [6.07, 6.45) is 12.0. The van der Waals surface area contributed by atoms with Crippen molar-refractivity contribution >= 4 is 21.6 Å². The minimum atomic E-state index is 0.956. The number of hydrogen-bond acceptors (Lipinski definition) is 2. The van der Waals surface area contributed by atoms with Gasteiger partial charge in [0, 0.05) is 11.5 Å². The fraction of sp³-hybridized carbons (Fsp3) is 0.750. The van der Waals surface area contributed by atoms with E-state index in [9.17, 15) is 0 Å². The van der Waals surface area contributed by atoms with Gasteiger partial charge in [-0.2, -0.15) is 0 Å². The van der Waals surface area contributed by atoms with Gasteiger partial charge in [0.2, 0.25) is 4.91 Å². The van der Waals surface area contributed by atoms with Gasteiger partial charge in [-0.3, -0.25) is 0 Å². The van der Waals surface area contributed by atoms with Crippen molar-refractivity contribution in [2.45, 2.75) is 51.4 Å². The topological polar surface area (TPSA) is 0 Å². The van der Waals surface area contributed by atoms with Crippen LogP contribution in [0.1, 0.15) is 51.4 Å². The number of allylic oxidation sites excluding steroid dienone is 4. The van der Waals surface area contributed by atoms with Crippen molar-refractivity contribution in [3.05, 3.63) is 21.0 Å². The first-order chi connectivity index (χ1) is 8.92. The molecule has 1 radical (unpaired) electrons. The first-order valence-corrected chi connectivity index (χ1v) is 9.90. The van der Waals surface area contributed by atoms with Gasteiger partial charge in [-0.15, -0.1) is 0 Å². The van der Waals surface area contributed by atoms with Gasteiger partial charge in [0.25, 0.3) is 0 Å². The third kappa shape index (κ3) is 1.32. The lowest BCUT2D eigenvalue weighted by Gasteiger charge is -2.45. The molecule has 6 aliphatic carbocycles. The molecule has 7 rings (SSSR count). The van der Waals surface area contributed by atoms with E-state index < -0.39 is 0 Å². The average Bonchev–Trinajstić information content (AvgIpc) is 2.49. The van der Waals surface area contributed by atoms with Gasteiger partial charge in [-0.1, -0.05) is 0 Å². The third-order valence-electron chi connectivity index (χ3n) is 6.05. The molecular weight excluding hydrogens is 256 g/mol. The minimum Gasteiger partial charge on any atom is -0.0457 e. The van der Waals surface area contributed by atoms with Crippen molar-refractivity contribution in [3.63, 3.8) is 0 Å². The highest BCUT2D eigenvalue weighted by Gasteiger charge is 2.52. The van der Waals surface area contributed by atoms with Crippen LogP contribution in [0.25, 0.3) is 0 Å². The highest BCUT2D eigenvalue weighted by atomic mass is 33.1. The Morgan fingerprint density at radius 3 is 1.94 bits per heavy atom. The molecule has 0 aromatic heterocycles. The van der Waals surface area contributed by atoms with Crippen molar-refractivity contribution < 1.29 is 0 Å². The molecule has 2 fully saturated rings. The van der Waals surface area contributed by atoms with Gasteiger partial charge in [0.05, 0.1) is 4.91 Å². The van der Waals surface area contributed by atoms with Crippen LogP contribution >= 0.6 is 10.8 Å². The van der Waals surface area contributed by atoms with Crippen LogP contribution in [0.2, 0.25) is 0 Å². The van der Waals surface area contributed by atoms with Crippen LogP contribution < -0.4 is 0 Å². The summed E-state index contributed by atoms with van der Waals surface area (Å²) < 4.78 is 0. The smallest absolute Gasteiger partial charge is 0.0457 e. The van der Waals surface area contributed by atoms with Gasteiger partial charge >= 0.3 is 10.8 Å².